The number of hydrogen-bond acceptors (Lipinski definition) is 6. The van der Waals surface area contributed by atoms with E-state index in [9.17, 15) is 0 Å². The van der Waals surface area contributed by atoms with Crippen LogP contribution in [-0.4, -0.2) is 27.2 Å². The van der Waals surface area contributed by atoms with Crippen LogP contribution in [0.3, 0.4) is 0 Å². The molecule has 0 aliphatic heterocycles. The van der Waals surface area contributed by atoms with Crippen molar-refractivity contribution < 1.29 is 4.52 Å². The van der Waals surface area contributed by atoms with E-state index in [-0.39, 0.29) is 5.92 Å². The Hall–Kier alpha value is -1.98. The average molecular weight is 273 g/mol. The Kier molecular flexibility index (Phi) is 3.38. The summed E-state index contributed by atoms with van der Waals surface area (Å²) in [5.41, 5.74) is 2.44. The van der Waals surface area contributed by atoms with Gasteiger partial charge >= 0.3 is 0 Å². The van der Waals surface area contributed by atoms with Gasteiger partial charge in [0.15, 0.2) is 5.82 Å². The van der Waals surface area contributed by atoms with E-state index in [1.165, 1.54) is 11.3 Å². The largest absolute Gasteiger partial charge is 0.352 e. The van der Waals surface area contributed by atoms with Gasteiger partial charge in [-0.3, -0.25) is 0 Å². The van der Waals surface area contributed by atoms with Crippen LogP contribution in [-0.2, 0) is 19.4 Å². The van der Waals surface area contributed by atoms with E-state index >= 15 is 0 Å². The lowest BCUT2D eigenvalue weighted by Crippen LogP contribution is -2.20. The molecule has 6 heteroatoms. The number of anilines is 1. The first-order valence-corrected chi connectivity index (χ1v) is 7.01. The Morgan fingerprint density at radius 3 is 2.90 bits per heavy atom. The molecule has 106 valence electrons. The van der Waals surface area contributed by atoms with Crippen molar-refractivity contribution in [1.29, 1.82) is 0 Å². The zero-order valence-electron chi connectivity index (χ0n) is 12.1. The van der Waals surface area contributed by atoms with Crippen molar-refractivity contribution in [2.75, 3.05) is 11.9 Å². The van der Waals surface area contributed by atoms with E-state index in [0.29, 0.717) is 18.3 Å². The molecule has 0 spiro atoms. The first-order valence-electron chi connectivity index (χ1n) is 7.01. The van der Waals surface area contributed by atoms with Gasteiger partial charge < -0.3 is 9.42 Å². The Morgan fingerprint density at radius 2 is 2.15 bits per heavy atom. The van der Waals surface area contributed by atoms with Crippen LogP contribution in [0.5, 0.6) is 0 Å². The van der Waals surface area contributed by atoms with E-state index in [4.69, 9.17) is 4.52 Å². The normalized spacial score (nSPS) is 13.8. The fourth-order valence-electron chi connectivity index (χ4n) is 2.52. The molecular formula is C14H19N5O. The molecule has 0 bridgehead atoms. The van der Waals surface area contributed by atoms with Crippen LogP contribution in [0.1, 0.15) is 49.2 Å². The number of aromatic nitrogens is 4. The molecule has 2 aromatic rings. The Labute approximate surface area is 118 Å². The van der Waals surface area contributed by atoms with Crippen molar-refractivity contribution in [3.05, 3.63) is 29.3 Å². The van der Waals surface area contributed by atoms with Gasteiger partial charge in [-0.1, -0.05) is 19.0 Å². The zero-order chi connectivity index (χ0) is 14.1. The maximum Gasteiger partial charge on any atom is 0.229 e. The summed E-state index contributed by atoms with van der Waals surface area (Å²) in [5.74, 6) is 2.62. The second-order valence-electron chi connectivity index (χ2n) is 5.54. The van der Waals surface area contributed by atoms with Crippen molar-refractivity contribution >= 4 is 5.82 Å². The zero-order valence-corrected chi connectivity index (χ0v) is 12.1. The molecule has 6 nitrogen and oxygen atoms in total. The van der Waals surface area contributed by atoms with Gasteiger partial charge in [0, 0.05) is 24.2 Å². The van der Waals surface area contributed by atoms with E-state index in [1.807, 2.05) is 20.9 Å². The van der Waals surface area contributed by atoms with Gasteiger partial charge in [0.2, 0.25) is 5.89 Å². The second-order valence-corrected chi connectivity index (χ2v) is 5.54. The molecule has 0 radical (unpaired) electrons. The van der Waals surface area contributed by atoms with Gasteiger partial charge in [-0.25, -0.2) is 9.97 Å². The third-order valence-corrected chi connectivity index (χ3v) is 3.57. The smallest absolute Gasteiger partial charge is 0.229 e. The highest BCUT2D eigenvalue weighted by Crippen LogP contribution is 2.27. The first kappa shape index (κ1) is 13.0. The first-order chi connectivity index (χ1) is 9.65. The van der Waals surface area contributed by atoms with E-state index in [2.05, 4.69) is 25.0 Å². The second kappa shape index (κ2) is 5.19. The molecule has 0 atom stereocenters. The average Bonchev–Trinajstić information content (AvgIpc) is 3.05. The van der Waals surface area contributed by atoms with Crippen LogP contribution in [0.25, 0.3) is 0 Å². The molecular weight excluding hydrogens is 254 g/mol. The van der Waals surface area contributed by atoms with Crippen LogP contribution < -0.4 is 4.90 Å². The third-order valence-electron chi connectivity index (χ3n) is 3.57. The SMILES string of the molecule is CC(C)c1nc(CN(C)c2ncnc3c2CCC3)no1. The highest BCUT2D eigenvalue weighted by atomic mass is 16.5. The van der Waals surface area contributed by atoms with Gasteiger partial charge in [-0.2, -0.15) is 4.98 Å². The lowest BCUT2D eigenvalue weighted by Gasteiger charge is -2.18. The number of aryl methyl sites for hydroxylation is 1. The molecule has 1 aliphatic carbocycles. The van der Waals surface area contributed by atoms with Gasteiger partial charge in [0.1, 0.15) is 12.1 Å². The molecule has 20 heavy (non-hydrogen) atoms. The Morgan fingerprint density at radius 1 is 1.30 bits per heavy atom. The van der Waals surface area contributed by atoms with Crippen LogP contribution in [0.2, 0.25) is 0 Å². The monoisotopic (exact) mass is 273 g/mol. The molecule has 2 heterocycles. The Bertz CT molecular complexity index is 607. The quantitative estimate of drug-likeness (QED) is 0.850. The molecule has 2 aromatic heterocycles. The summed E-state index contributed by atoms with van der Waals surface area (Å²) in [6, 6.07) is 0. The molecule has 0 aromatic carbocycles. The minimum absolute atomic E-state index is 0.254. The number of fused-ring (bicyclic) bond motifs is 1. The van der Waals surface area contributed by atoms with Gasteiger partial charge in [-0.05, 0) is 19.3 Å². The Balaban J connectivity index is 1.79. The molecule has 0 saturated heterocycles. The maximum absolute atomic E-state index is 5.23. The van der Waals surface area contributed by atoms with Crippen molar-refractivity contribution in [3.63, 3.8) is 0 Å². The fourth-order valence-corrected chi connectivity index (χ4v) is 2.52. The number of nitrogens with zero attached hydrogens (tertiary/aromatic N) is 5. The number of rotatable bonds is 4. The lowest BCUT2D eigenvalue weighted by atomic mass is 10.2. The van der Waals surface area contributed by atoms with Crippen molar-refractivity contribution in [1.82, 2.24) is 20.1 Å². The van der Waals surface area contributed by atoms with Crippen LogP contribution >= 0.6 is 0 Å². The minimum atomic E-state index is 0.254. The molecule has 1 aliphatic rings. The van der Waals surface area contributed by atoms with Gasteiger partial charge in [0.05, 0.1) is 6.54 Å². The van der Waals surface area contributed by atoms with Crippen LogP contribution in [0, 0.1) is 0 Å². The molecule has 3 rings (SSSR count). The van der Waals surface area contributed by atoms with E-state index in [0.717, 1.165) is 25.1 Å². The summed E-state index contributed by atoms with van der Waals surface area (Å²) in [6.45, 7) is 4.68. The topological polar surface area (TPSA) is 67.9 Å². The van der Waals surface area contributed by atoms with Crippen molar-refractivity contribution in [2.45, 2.75) is 45.6 Å². The fraction of sp³-hybridized carbons (Fsp3) is 0.571. The summed E-state index contributed by atoms with van der Waals surface area (Å²) in [5, 5.41) is 4.03. The summed E-state index contributed by atoms with van der Waals surface area (Å²) >= 11 is 0. The van der Waals surface area contributed by atoms with Crippen LogP contribution in [0.4, 0.5) is 5.82 Å². The summed E-state index contributed by atoms with van der Waals surface area (Å²) in [4.78, 5) is 15.2. The predicted octanol–water partition coefficient (Wildman–Crippen LogP) is 2.11. The van der Waals surface area contributed by atoms with E-state index in [1.54, 1.807) is 6.33 Å². The molecule has 0 saturated carbocycles. The summed E-state index contributed by atoms with van der Waals surface area (Å²) < 4.78 is 5.23. The number of hydrogen-bond donors (Lipinski definition) is 0. The predicted molar refractivity (Wildman–Crippen MR) is 74.6 cm³/mol. The molecule has 0 fully saturated rings. The lowest BCUT2D eigenvalue weighted by molar-refractivity contribution is 0.360. The van der Waals surface area contributed by atoms with Gasteiger partial charge in [0.25, 0.3) is 0 Å². The minimum Gasteiger partial charge on any atom is -0.352 e. The standard InChI is InChI=1S/C14H19N5O/c1-9(2)14-17-12(18-20-14)7-19(3)13-10-5-4-6-11(10)15-8-16-13/h8-9H,4-7H2,1-3H3. The molecule has 0 unspecified atom stereocenters. The highest BCUT2D eigenvalue weighted by Gasteiger charge is 2.20. The van der Waals surface area contributed by atoms with Crippen LogP contribution in [0.15, 0.2) is 10.9 Å². The molecule has 0 amide bonds. The van der Waals surface area contributed by atoms with Crippen molar-refractivity contribution in [3.8, 4) is 0 Å². The van der Waals surface area contributed by atoms with E-state index < -0.39 is 0 Å². The summed E-state index contributed by atoms with van der Waals surface area (Å²) in [6.07, 6.45) is 4.91. The third kappa shape index (κ3) is 2.37. The van der Waals surface area contributed by atoms with Gasteiger partial charge in [-0.15, -0.1) is 0 Å². The molecule has 0 N–H and O–H groups in total. The maximum atomic E-state index is 5.23. The highest BCUT2D eigenvalue weighted by molar-refractivity contribution is 5.49. The summed E-state index contributed by atoms with van der Waals surface area (Å²) in [7, 11) is 2.01. The van der Waals surface area contributed by atoms with Crippen molar-refractivity contribution in [2.24, 2.45) is 0 Å².